The zero-order valence-corrected chi connectivity index (χ0v) is 11.4. The Morgan fingerprint density at radius 1 is 1.42 bits per heavy atom. The molecule has 2 aromatic rings. The van der Waals surface area contributed by atoms with Crippen LogP contribution in [0.2, 0.25) is 0 Å². The van der Waals surface area contributed by atoms with E-state index in [0.29, 0.717) is 13.2 Å². The Morgan fingerprint density at radius 2 is 2.21 bits per heavy atom. The van der Waals surface area contributed by atoms with Gasteiger partial charge in [-0.05, 0) is 25.0 Å². The number of methoxy groups -OCH3 is 1. The maximum atomic E-state index is 6.10. The van der Waals surface area contributed by atoms with Crippen molar-refractivity contribution in [2.75, 3.05) is 13.7 Å². The first kappa shape index (κ1) is 12.6. The predicted octanol–water partition coefficient (Wildman–Crippen LogP) is 2.41. The van der Waals surface area contributed by atoms with Gasteiger partial charge in [0.05, 0.1) is 12.1 Å². The normalized spacial score (nSPS) is 18.2. The second kappa shape index (κ2) is 4.94. The SMILES string of the molecule is COCc1cn(C2(CN)CCCC2)c2ncccc12. The molecule has 1 saturated carbocycles. The molecule has 0 aromatic carbocycles. The van der Waals surface area contributed by atoms with E-state index in [0.717, 1.165) is 18.5 Å². The molecule has 0 aliphatic heterocycles. The molecular formula is C15H21N3O. The van der Waals surface area contributed by atoms with Gasteiger partial charge in [0, 0.05) is 37.0 Å². The van der Waals surface area contributed by atoms with Gasteiger partial charge in [0.15, 0.2) is 0 Å². The van der Waals surface area contributed by atoms with Crippen LogP contribution in [0.4, 0.5) is 0 Å². The summed E-state index contributed by atoms with van der Waals surface area (Å²) in [6.45, 7) is 1.30. The van der Waals surface area contributed by atoms with Crippen molar-refractivity contribution in [1.29, 1.82) is 0 Å². The Bertz CT molecular complexity index is 570. The predicted molar refractivity (Wildman–Crippen MR) is 75.9 cm³/mol. The number of rotatable bonds is 4. The molecule has 0 amide bonds. The van der Waals surface area contributed by atoms with E-state index in [-0.39, 0.29) is 5.54 Å². The number of nitrogens with zero attached hydrogens (tertiary/aromatic N) is 2. The Labute approximate surface area is 113 Å². The van der Waals surface area contributed by atoms with Crippen LogP contribution in [0, 0.1) is 0 Å². The van der Waals surface area contributed by atoms with Gasteiger partial charge in [0.1, 0.15) is 5.65 Å². The monoisotopic (exact) mass is 259 g/mol. The number of hydrogen-bond acceptors (Lipinski definition) is 3. The summed E-state index contributed by atoms with van der Waals surface area (Å²) in [5, 5.41) is 1.18. The van der Waals surface area contributed by atoms with E-state index in [9.17, 15) is 0 Å². The molecule has 0 bridgehead atoms. The van der Waals surface area contributed by atoms with Crippen molar-refractivity contribution in [3.05, 3.63) is 30.1 Å². The highest BCUT2D eigenvalue weighted by Gasteiger charge is 2.35. The molecule has 1 aliphatic carbocycles. The highest BCUT2D eigenvalue weighted by atomic mass is 16.5. The van der Waals surface area contributed by atoms with E-state index in [4.69, 9.17) is 10.5 Å². The number of hydrogen-bond donors (Lipinski definition) is 1. The second-order valence-corrected chi connectivity index (χ2v) is 5.47. The van der Waals surface area contributed by atoms with Crippen molar-refractivity contribution in [2.45, 2.75) is 37.8 Å². The lowest BCUT2D eigenvalue weighted by Crippen LogP contribution is -2.38. The Hall–Kier alpha value is -1.39. The van der Waals surface area contributed by atoms with Gasteiger partial charge >= 0.3 is 0 Å². The van der Waals surface area contributed by atoms with Crippen molar-refractivity contribution in [2.24, 2.45) is 5.73 Å². The first-order chi connectivity index (χ1) is 9.30. The highest BCUT2D eigenvalue weighted by Crippen LogP contribution is 2.38. The van der Waals surface area contributed by atoms with Crippen molar-refractivity contribution >= 4 is 11.0 Å². The fourth-order valence-electron chi connectivity index (χ4n) is 3.33. The summed E-state index contributed by atoms with van der Waals surface area (Å²) >= 11 is 0. The van der Waals surface area contributed by atoms with Gasteiger partial charge in [0.25, 0.3) is 0 Å². The number of aromatic nitrogens is 2. The van der Waals surface area contributed by atoms with Crippen LogP contribution in [-0.4, -0.2) is 23.2 Å². The Morgan fingerprint density at radius 3 is 2.89 bits per heavy atom. The van der Waals surface area contributed by atoms with E-state index in [2.05, 4.69) is 21.8 Å². The summed E-state index contributed by atoms with van der Waals surface area (Å²) in [7, 11) is 1.73. The zero-order chi connectivity index (χ0) is 13.3. The van der Waals surface area contributed by atoms with Gasteiger partial charge in [0.2, 0.25) is 0 Å². The number of fused-ring (bicyclic) bond motifs is 1. The van der Waals surface area contributed by atoms with Crippen LogP contribution in [-0.2, 0) is 16.9 Å². The molecule has 2 N–H and O–H groups in total. The minimum absolute atomic E-state index is 0.0542. The molecule has 0 radical (unpaired) electrons. The van der Waals surface area contributed by atoms with Gasteiger partial charge in [-0.2, -0.15) is 0 Å². The third-order valence-corrected chi connectivity index (χ3v) is 4.37. The lowest BCUT2D eigenvalue weighted by Gasteiger charge is -2.30. The molecule has 102 valence electrons. The first-order valence-corrected chi connectivity index (χ1v) is 6.95. The van der Waals surface area contributed by atoms with Gasteiger partial charge in [-0.3, -0.25) is 0 Å². The second-order valence-electron chi connectivity index (χ2n) is 5.47. The smallest absolute Gasteiger partial charge is 0.140 e. The standard InChI is InChI=1S/C15H21N3O/c1-19-10-12-9-18(14-13(12)5-4-8-17-14)15(11-16)6-2-3-7-15/h4-5,8-9H,2-3,6-7,10-11,16H2,1H3. The van der Waals surface area contributed by atoms with Crippen LogP contribution in [0.3, 0.4) is 0 Å². The quantitative estimate of drug-likeness (QED) is 0.917. The average Bonchev–Trinajstić information content (AvgIpc) is 3.05. The molecule has 3 rings (SSSR count). The van der Waals surface area contributed by atoms with Crippen molar-refractivity contribution in [3.8, 4) is 0 Å². The largest absolute Gasteiger partial charge is 0.380 e. The summed E-state index contributed by atoms with van der Waals surface area (Å²) in [6.07, 6.45) is 8.85. The average molecular weight is 259 g/mol. The number of pyridine rings is 1. The highest BCUT2D eigenvalue weighted by molar-refractivity contribution is 5.80. The fourth-order valence-corrected chi connectivity index (χ4v) is 3.33. The zero-order valence-electron chi connectivity index (χ0n) is 11.4. The maximum absolute atomic E-state index is 6.10. The third-order valence-electron chi connectivity index (χ3n) is 4.37. The van der Waals surface area contributed by atoms with Gasteiger partial charge < -0.3 is 15.0 Å². The lowest BCUT2D eigenvalue weighted by atomic mass is 9.97. The van der Waals surface area contributed by atoms with Gasteiger partial charge in [-0.1, -0.05) is 12.8 Å². The lowest BCUT2D eigenvalue weighted by molar-refractivity contribution is 0.185. The molecule has 0 unspecified atom stereocenters. The fraction of sp³-hybridized carbons (Fsp3) is 0.533. The molecule has 1 fully saturated rings. The van der Waals surface area contributed by atoms with Gasteiger partial charge in [-0.25, -0.2) is 4.98 Å². The topological polar surface area (TPSA) is 53.1 Å². The molecule has 4 nitrogen and oxygen atoms in total. The van der Waals surface area contributed by atoms with Crippen molar-refractivity contribution < 1.29 is 4.74 Å². The van der Waals surface area contributed by atoms with Crippen molar-refractivity contribution in [3.63, 3.8) is 0 Å². The van der Waals surface area contributed by atoms with E-state index in [1.807, 2.05) is 12.3 Å². The first-order valence-electron chi connectivity index (χ1n) is 6.95. The van der Waals surface area contributed by atoms with E-state index >= 15 is 0 Å². The number of ether oxygens (including phenoxy) is 1. The van der Waals surface area contributed by atoms with Crippen LogP contribution in [0.15, 0.2) is 24.5 Å². The minimum atomic E-state index is 0.0542. The molecule has 4 heteroatoms. The Kier molecular flexibility index (Phi) is 3.29. The molecule has 0 spiro atoms. The van der Waals surface area contributed by atoms with Crippen LogP contribution >= 0.6 is 0 Å². The molecule has 2 heterocycles. The van der Waals surface area contributed by atoms with Crippen LogP contribution in [0.1, 0.15) is 31.2 Å². The maximum Gasteiger partial charge on any atom is 0.140 e. The molecule has 0 atom stereocenters. The van der Waals surface area contributed by atoms with Crippen LogP contribution < -0.4 is 5.73 Å². The summed E-state index contributed by atoms with van der Waals surface area (Å²) in [5.74, 6) is 0. The summed E-state index contributed by atoms with van der Waals surface area (Å²) < 4.78 is 7.62. The van der Waals surface area contributed by atoms with Crippen LogP contribution in [0.5, 0.6) is 0 Å². The molecule has 1 aliphatic rings. The summed E-state index contributed by atoms with van der Waals surface area (Å²) in [5.41, 5.74) is 8.39. The molecular weight excluding hydrogens is 238 g/mol. The summed E-state index contributed by atoms with van der Waals surface area (Å²) in [4.78, 5) is 4.57. The van der Waals surface area contributed by atoms with E-state index < -0.39 is 0 Å². The Balaban J connectivity index is 2.17. The van der Waals surface area contributed by atoms with Crippen LogP contribution in [0.25, 0.3) is 11.0 Å². The van der Waals surface area contributed by atoms with E-state index in [1.165, 1.54) is 23.8 Å². The minimum Gasteiger partial charge on any atom is -0.380 e. The molecule has 2 aromatic heterocycles. The molecule has 0 saturated heterocycles. The van der Waals surface area contributed by atoms with E-state index in [1.54, 1.807) is 7.11 Å². The van der Waals surface area contributed by atoms with Gasteiger partial charge in [-0.15, -0.1) is 0 Å². The van der Waals surface area contributed by atoms with Crippen molar-refractivity contribution in [1.82, 2.24) is 9.55 Å². The third kappa shape index (κ3) is 1.95. The number of nitrogens with two attached hydrogens (primary N) is 1. The molecule has 19 heavy (non-hydrogen) atoms. The summed E-state index contributed by atoms with van der Waals surface area (Å²) in [6, 6.07) is 4.10.